The summed E-state index contributed by atoms with van der Waals surface area (Å²) < 4.78 is 5.48. The minimum Gasteiger partial charge on any atom is -0.459 e. The number of hydrogen-bond donors (Lipinski definition) is 2. The smallest absolute Gasteiger partial charge is 0.338 e. The quantitative estimate of drug-likeness (QED) is 0.815. The second kappa shape index (κ2) is 8.06. The van der Waals surface area contributed by atoms with Crippen LogP contribution in [0.4, 0.5) is 0 Å². The van der Waals surface area contributed by atoms with Crippen molar-refractivity contribution in [3.05, 3.63) is 35.9 Å². The largest absolute Gasteiger partial charge is 0.459 e. The Bertz CT molecular complexity index is 499. The molecule has 1 fully saturated rings. The molecule has 0 heterocycles. The summed E-state index contributed by atoms with van der Waals surface area (Å²) >= 11 is 0. The van der Waals surface area contributed by atoms with Crippen molar-refractivity contribution in [2.45, 2.75) is 56.8 Å². The van der Waals surface area contributed by atoms with Crippen LogP contribution in [0.3, 0.4) is 0 Å². The number of Topliss-reactive ketones (excluding diaryl/α,β-unsaturated/α-hetero) is 1. The molecule has 1 saturated carbocycles. The third kappa shape index (κ3) is 4.64. The second-order valence-electron chi connectivity index (χ2n) is 5.69. The molecule has 2 rings (SSSR count). The van der Waals surface area contributed by atoms with Crippen LogP contribution in [0.25, 0.3) is 0 Å². The van der Waals surface area contributed by atoms with Gasteiger partial charge in [-0.05, 0) is 37.8 Å². The molecule has 0 aromatic heterocycles. The van der Waals surface area contributed by atoms with Crippen molar-refractivity contribution < 1.29 is 24.5 Å². The molecule has 0 radical (unpaired) electrons. The summed E-state index contributed by atoms with van der Waals surface area (Å²) in [5.41, 5.74) is 0.487. The predicted octanol–water partition coefficient (Wildman–Crippen LogP) is 1.86. The lowest BCUT2D eigenvalue weighted by atomic mass is 9.95. The minimum atomic E-state index is -1.33. The Labute approximate surface area is 129 Å². The molecule has 3 unspecified atom stereocenters. The SMILES string of the molecule is O=C(OC1CCCCC(O)C(O)C(=O)CC1)c1ccccc1. The molecule has 0 amide bonds. The number of aliphatic hydroxyl groups is 2. The molecule has 5 heteroatoms. The standard InChI is InChI=1S/C17H22O5/c18-14-9-5-4-8-13(10-11-15(19)16(14)20)22-17(21)12-6-2-1-3-7-12/h1-3,6-7,13-14,16,18,20H,4-5,8-11H2. The average molecular weight is 306 g/mol. The molecular formula is C17H22O5. The summed E-state index contributed by atoms with van der Waals surface area (Å²) in [5.74, 6) is -0.786. The van der Waals surface area contributed by atoms with E-state index in [1.54, 1.807) is 24.3 Å². The molecule has 1 aliphatic rings. The molecule has 120 valence electrons. The van der Waals surface area contributed by atoms with Crippen LogP contribution in [0.5, 0.6) is 0 Å². The number of rotatable bonds is 2. The monoisotopic (exact) mass is 306 g/mol. The third-order valence-electron chi connectivity index (χ3n) is 3.97. The van der Waals surface area contributed by atoms with Crippen molar-refractivity contribution in [1.82, 2.24) is 0 Å². The Balaban J connectivity index is 1.95. The lowest BCUT2D eigenvalue weighted by Gasteiger charge is -2.22. The fraction of sp³-hybridized carbons (Fsp3) is 0.529. The first kappa shape index (κ1) is 16.6. The van der Waals surface area contributed by atoms with E-state index in [-0.39, 0.29) is 12.5 Å². The predicted molar refractivity (Wildman–Crippen MR) is 80.4 cm³/mol. The lowest BCUT2D eigenvalue weighted by molar-refractivity contribution is -0.134. The summed E-state index contributed by atoms with van der Waals surface area (Å²) in [6, 6.07) is 8.74. The van der Waals surface area contributed by atoms with Gasteiger partial charge in [0.1, 0.15) is 12.2 Å². The normalized spacial score (nSPS) is 27.2. The molecule has 22 heavy (non-hydrogen) atoms. The number of aliphatic hydroxyl groups excluding tert-OH is 2. The highest BCUT2D eigenvalue weighted by molar-refractivity contribution is 5.89. The van der Waals surface area contributed by atoms with Gasteiger partial charge in [0.05, 0.1) is 11.7 Å². The van der Waals surface area contributed by atoms with Crippen molar-refractivity contribution in [2.75, 3.05) is 0 Å². The highest BCUT2D eigenvalue weighted by Gasteiger charge is 2.26. The van der Waals surface area contributed by atoms with Gasteiger partial charge in [0.25, 0.3) is 0 Å². The van der Waals surface area contributed by atoms with E-state index in [0.29, 0.717) is 31.2 Å². The van der Waals surface area contributed by atoms with Gasteiger partial charge in [-0.25, -0.2) is 4.79 Å². The van der Waals surface area contributed by atoms with Gasteiger partial charge in [0.2, 0.25) is 0 Å². The van der Waals surface area contributed by atoms with Crippen LogP contribution in [-0.2, 0) is 9.53 Å². The number of hydrogen-bond acceptors (Lipinski definition) is 5. The fourth-order valence-corrected chi connectivity index (χ4v) is 2.60. The van der Waals surface area contributed by atoms with Crippen LogP contribution in [0, 0.1) is 0 Å². The number of ether oxygens (including phenoxy) is 1. The zero-order chi connectivity index (χ0) is 15.9. The lowest BCUT2D eigenvalue weighted by Crippen LogP contribution is -2.35. The fourth-order valence-electron chi connectivity index (χ4n) is 2.60. The zero-order valence-corrected chi connectivity index (χ0v) is 12.5. The van der Waals surface area contributed by atoms with Crippen LogP contribution in [0.2, 0.25) is 0 Å². The van der Waals surface area contributed by atoms with Gasteiger partial charge in [-0.15, -0.1) is 0 Å². The maximum absolute atomic E-state index is 12.1. The Morgan fingerprint density at radius 3 is 2.45 bits per heavy atom. The molecule has 5 nitrogen and oxygen atoms in total. The summed E-state index contributed by atoms with van der Waals surface area (Å²) in [4.78, 5) is 23.9. The number of ketones is 1. The van der Waals surface area contributed by atoms with Gasteiger partial charge in [0, 0.05) is 6.42 Å². The first-order valence-electron chi connectivity index (χ1n) is 7.73. The van der Waals surface area contributed by atoms with Crippen molar-refractivity contribution in [3.8, 4) is 0 Å². The maximum atomic E-state index is 12.1. The molecule has 1 aromatic rings. The molecule has 3 atom stereocenters. The highest BCUT2D eigenvalue weighted by Crippen LogP contribution is 2.19. The van der Waals surface area contributed by atoms with E-state index < -0.39 is 24.0 Å². The number of benzene rings is 1. The van der Waals surface area contributed by atoms with Gasteiger partial charge in [0.15, 0.2) is 5.78 Å². The summed E-state index contributed by atoms with van der Waals surface area (Å²) in [6.45, 7) is 0. The topological polar surface area (TPSA) is 83.8 Å². The van der Waals surface area contributed by atoms with Crippen LogP contribution in [0.15, 0.2) is 30.3 Å². The van der Waals surface area contributed by atoms with Crippen molar-refractivity contribution >= 4 is 11.8 Å². The van der Waals surface area contributed by atoms with Crippen LogP contribution in [0.1, 0.15) is 48.9 Å². The van der Waals surface area contributed by atoms with Crippen molar-refractivity contribution in [2.24, 2.45) is 0 Å². The third-order valence-corrected chi connectivity index (χ3v) is 3.97. The first-order valence-corrected chi connectivity index (χ1v) is 7.73. The molecule has 2 N–H and O–H groups in total. The number of carbonyl (C=O) groups excluding carboxylic acids is 2. The summed E-state index contributed by atoms with van der Waals surface area (Å²) in [5, 5.41) is 19.4. The number of carbonyl (C=O) groups is 2. The Morgan fingerprint density at radius 1 is 1.05 bits per heavy atom. The summed E-state index contributed by atoms with van der Waals surface area (Å²) in [7, 11) is 0. The van der Waals surface area contributed by atoms with E-state index in [2.05, 4.69) is 0 Å². The van der Waals surface area contributed by atoms with Crippen LogP contribution in [-0.4, -0.2) is 40.3 Å². The average Bonchev–Trinajstić information content (AvgIpc) is 2.54. The van der Waals surface area contributed by atoms with E-state index in [0.717, 1.165) is 6.42 Å². The van der Waals surface area contributed by atoms with Gasteiger partial charge >= 0.3 is 5.97 Å². The first-order chi connectivity index (χ1) is 10.6. The zero-order valence-electron chi connectivity index (χ0n) is 12.5. The van der Waals surface area contributed by atoms with Gasteiger partial charge < -0.3 is 14.9 Å². The molecule has 0 saturated heterocycles. The Kier molecular flexibility index (Phi) is 6.10. The van der Waals surface area contributed by atoms with Crippen molar-refractivity contribution in [1.29, 1.82) is 0 Å². The summed E-state index contributed by atoms with van der Waals surface area (Å²) in [6.07, 6.45) is 0.335. The van der Waals surface area contributed by atoms with Crippen molar-refractivity contribution in [3.63, 3.8) is 0 Å². The van der Waals surface area contributed by atoms with E-state index in [1.807, 2.05) is 6.07 Å². The molecule has 0 spiro atoms. The van der Waals surface area contributed by atoms with Gasteiger partial charge in [-0.3, -0.25) is 4.79 Å². The molecule has 1 aromatic carbocycles. The van der Waals surface area contributed by atoms with E-state index in [1.165, 1.54) is 0 Å². The van der Waals surface area contributed by atoms with Gasteiger partial charge in [-0.2, -0.15) is 0 Å². The minimum absolute atomic E-state index is 0.102. The molecule has 0 aliphatic heterocycles. The Morgan fingerprint density at radius 2 is 1.73 bits per heavy atom. The molecule has 1 aliphatic carbocycles. The molecule has 0 bridgehead atoms. The van der Waals surface area contributed by atoms with E-state index >= 15 is 0 Å². The van der Waals surface area contributed by atoms with Crippen LogP contribution < -0.4 is 0 Å². The number of esters is 1. The van der Waals surface area contributed by atoms with E-state index in [4.69, 9.17) is 4.74 Å². The molecular weight excluding hydrogens is 284 g/mol. The maximum Gasteiger partial charge on any atom is 0.338 e. The second-order valence-corrected chi connectivity index (χ2v) is 5.69. The van der Waals surface area contributed by atoms with Gasteiger partial charge in [-0.1, -0.05) is 24.6 Å². The highest BCUT2D eigenvalue weighted by atomic mass is 16.5. The van der Waals surface area contributed by atoms with Crippen LogP contribution >= 0.6 is 0 Å². The Hall–Kier alpha value is -1.72. The van der Waals surface area contributed by atoms with E-state index in [9.17, 15) is 19.8 Å².